The number of amides is 4. The van der Waals surface area contributed by atoms with Gasteiger partial charge in [-0.15, -0.1) is 0 Å². The van der Waals surface area contributed by atoms with Crippen LogP contribution in [-0.4, -0.2) is 78.0 Å². The summed E-state index contributed by atoms with van der Waals surface area (Å²) >= 11 is 0. The molecule has 0 aliphatic rings. The maximum Gasteiger partial charge on any atom is 0.407 e. The molecule has 2 unspecified atom stereocenters. The summed E-state index contributed by atoms with van der Waals surface area (Å²) in [6.45, 7) is 9.66. The van der Waals surface area contributed by atoms with Gasteiger partial charge in [-0.3, -0.25) is 19.6 Å². The van der Waals surface area contributed by atoms with Crippen LogP contribution in [-0.2, 0) is 25.6 Å². The first kappa shape index (κ1) is 38.4. The zero-order valence-electron chi connectivity index (χ0n) is 28.9. The van der Waals surface area contributed by atoms with Crippen molar-refractivity contribution >= 4 is 35.4 Å². The van der Waals surface area contributed by atoms with Crippen LogP contribution in [0.2, 0.25) is 0 Å². The van der Waals surface area contributed by atoms with Gasteiger partial charge in [0.15, 0.2) is 0 Å². The van der Waals surface area contributed by atoms with E-state index in [1.54, 1.807) is 71.4 Å². The van der Waals surface area contributed by atoms with Crippen molar-refractivity contribution in [3.63, 3.8) is 0 Å². The molecule has 14 heteroatoms. The second-order valence-corrected chi connectivity index (χ2v) is 12.3. The highest BCUT2D eigenvalue weighted by molar-refractivity contribution is 5.99. The summed E-state index contributed by atoms with van der Waals surface area (Å²) in [6.07, 6.45) is 2.57. The van der Waals surface area contributed by atoms with Crippen LogP contribution < -0.4 is 26.6 Å². The highest BCUT2D eigenvalue weighted by Crippen LogP contribution is 2.31. The maximum absolute atomic E-state index is 13.4. The first-order valence-electron chi connectivity index (χ1n) is 16.0. The minimum Gasteiger partial charge on any atom is -0.453 e. The predicted octanol–water partition coefficient (Wildman–Crippen LogP) is 4.04. The van der Waals surface area contributed by atoms with Gasteiger partial charge in [0, 0.05) is 48.3 Å². The molecule has 4 amide bonds. The van der Waals surface area contributed by atoms with E-state index in [0.29, 0.717) is 23.5 Å². The Morgan fingerprint density at radius 3 is 1.92 bits per heavy atom. The highest BCUT2D eigenvalue weighted by atomic mass is 16.5. The summed E-state index contributed by atoms with van der Waals surface area (Å²) in [5.41, 5.74) is 4.03. The number of benzene rings is 2. The second-order valence-electron chi connectivity index (χ2n) is 12.3. The molecule has 1 aromatic heterocycles. The second kappa shape index (κ2) is 18.5. The molecule has 0 spiro atoms. The predicted molar refractivity (Wildman–Crippen MR) is 186 cm³/mol. The molecule has 0 saturated heterocycles. The van der Waals surface area contributed by atoms with E-state index >= 15 is 0 Å². The number of hydrogen-bond acceptors (Lipinski definition) is 10. The molecule has 0 fully saturated rings. The Kier molecular flexibility index (Phi) is 14.5. The number of alkyl carbamates (subject to hydrolysis) is 2. The van der Waals surface area contributed by atoms with Crippen LogP contribution in [0, 0.1) is 11.8 Å². The molecule has 14 nitrogen and oxygen atoms in total. The molecule has 2 aromatic carbocycles. The van der Waals surface area contributed by atoms with Gasteiger partial charge in [-0.25, -0.2) is 9.59 Å². The monoisotopic (exact) mass is 677 g/mol. The van der Waals surface area contributed by atoms with E-state index < -0.39 is 48.1 Å². The minimum atomic E-state index is -0.905. The van der Waals surface area contributed by atoms with Gasteiger partial charge in [0.1, 0.15) is 12.1 Å². The Bertz CT molecular complexity index is 1550. The van der Waals surface area contributed by atoms with Crippen LogP contribution in [0.4, 0.5) is 21.0 Å². The first-order chi connectivity index (χ1) is 23.3. The molecule has 0 radical (unpaired) electrons. The first-order valence-corrected chi connectivity index (χ1v) is 16.0. The molecule has 264 valence electrons. The van der Waals surface area contributed by atoms with Crippen molar-refractivity contribution in [2.24, 2.45) is 11.8 Å². The molecular formula is C35H47N7O7. The zero-order valence-corrected chi connectivity index (χ0v) is 28.9. The van der Waals surface area contributed by atoms with Crippen LogP contribution in [0.5, 0.6) is 0 Å². The van der Waals surface area contributed by atoms with Crippen LogP contribution in [0.25, 0.3) is 11.3 Å². The largest absolute Gasteiger partial charge is 0.453 e. The lowest BCUT2D eigenvalue weighted by Crippen LogP contribution is -2.47. The molecule has 3 rings (SSSR count). The summed E-state index contributed by atoms with van der Waals surface area (Å²) in [5, 5.41) is 25.4. The Labute approximate surface area is 286 Å². The minimum absolute atomic E-state index is 0.216. The third kappa shape index (κ3) is 11.3. The van der Waals surface area contributed by atoms with Crippen LogP contribution in [0.1, 0.15) is 51.7 Å². The van der Waals surface area contributed by atoms with E-state index in [1.807, 2.05) is 24.3 Å². The van der Waals surface area contributed by atoms with Crippen molar-refractivity contribution in [3.05, 3.63) is 72.2 Å². The topological polar surface area (TPSA) is 193 Å². The van der Waals surface area contributed by atoms with Crippen molar-refractivity contribution in [2.75, 3.05) is 31.4 Å². The van der Waals surface area contributed by atoms with Crippen molar-refractivity contribution in [1.29, 1.82) is 0 Å². The Morgan fingerprint density at radius 1 is 0.796 bits per heavy atom. The number of carbonyl (C=O) groups excluding carboxylic acids is 4. The van der Waals surface area contributed by atoms with Gasteiger partial charge in [0.05, 0.1) is 32.2 Å². The van der Waals surface area contributed by atoms with Crippen LogP contribution in [0.3, 0.4) is 0 Å². The molecule has 0 aliphatic heterocycles. The van der Waals surface area contributed by atoms with E-state index in [0.717, 1.165) is 16.8 Å². The number of hydrogen-bond donors (Lipinski definition) is 6. The Hall–Kier alpha value is -5.08. The van der Waals surface area contributed by atoms with Gasteiger partial charge >= 0.3 is 12.2 Å². The van der Waals surface area contributed by atoms with E-state index in [2.05, 4.69) is 41.3 Å². The van der Waals surface area contributed by atoms with Crippen LogP contribution >= 0.6 is 0 Å². The molecule has 0 aliphatic carbocycles. The van der Waals surface area contributed by atoms with Crippen molar-refractivity contribution < 1.29 is 33.8 Å². The third-order valence-corrected chi connectivity index (χ3v) is 7.96. The number of rotatable bonds is 15. The molecule has 3 aromatic rings. The summed E-state index contributed by atoms with van der Waals surface area (Å²) < 4.78 is 9.36. The molecule has 49 heavy (non-hydrogen) atoms. The maximum atomic E-state index is 13.4. The average Bonchev–Trinajstić information content (AvgIpc) is 3.09. The molecule has 0 saturated carbocycles. The number of carbonyl (C=O) groups is 4. The summed E-state index contributed by atoms with van der Waals surface area (Å²) in [4.78, 5) is 58.8. The van der Waals surface area contributed by atoms with Crippen molar-refractivity contribution in [1.82, 2.24) is 25.9 Å². The Morgan fingerprint density at radius 2 is 1.39 bits per heavy atom. The number of aliphatic hydroxyl groups is 1. The number of nitrogens with one attached hydrogen (secondary N) is 5. The third-order valence-electron chi connectivity index (χ3n) is 7.96. The molecule has 4 atom stereocenters. The SMILES string of the molecule is COC(=O)N[C@H](C(=O)Nc1ccc(NC(=O)[C@@H](NC(=O)OC)C(C)C)c(C(C)C(O)CNCc2ccc(-c3cnccn3)cc2)c1)C(C)C. The van der Waals surface area contributed by atoms with Gasteiger partial charge in [0.2, 0.25) is 11.8 Å². The van der Waals surface area contributed by atoms with E-state index in [4.69, 9.17) is 4.74 Å². The van der Waals surface area contributed by atoms with Crippen LogP contribution in [0.15, 0.2) is 61.1 Å². The number of methoxy groups -OCH3 is 2. The fourth-order valence-electron chi connectivity index (χ4n) is 4.99. The number of aromatic nitrogens is 2. The quantitative estimate of drug-likeness (QED) is 0.137. The molecular weight excluding hydrogens is 630 g/mol. The van der Waals surface area contributed by atoms with Gasteiger partial charge in [0.25, 0.3) is 0 Å². The lowest BCUT2D eigenvalue weighted by atomic mass is 9.92. The van der Waals surface area contributed by atoms with Gasteiger partial charge < -0.3 is 41.2 Å². The number of aliphatic hydroxyl groups excluding tert-OH is 1. The zero-order chi connectivity index (χ0) is 36.1. The summed E-state index contributed by atoms with van der Waals surface area (Å²) in [5.74, 6) is -1.99. The lowest BCUT2D eigenvalue weighted by molar-refractivity contribution is -0.119. The molecule has 0 bridgehead atoms. The van der Waals surface area contributed by atoms with Crippen molar-refractivity contribution in [3.8, 4) is 11.3 Å². The average molecular weight is 678 g/mol. The van der Waals surface area contributed by atoms with E-state index in [-0.39, 0.29) is 18.4 Å². The molecule has 6 N–H and O–H groups in total. The van der Waals surface area contributed by atoms with Gasteiger partial charge in [-0.1, -0.05) is 58.9 Å². The van der Waals surface area contributed by atoms with Crippen molar-refractivity contribution in [2.45, 2.75) is 65.3 Å². The smallest absolute Gasteiger partial charge is 0.407 e. The fourth-order valence-corrected chi connectivity index (χ4v) is 4.99. The standard InChI is InChI=1S/C35H47N7O7/c1-20(2)30(41-34(46)48-6)32(44)39-25-12-13-27(40-33(45)31(21(3)4)42-35(47)49-7)26(16-25)22(5)29(43)19-37-17-23-8-10-24(11-9-23)28-18-36-14-15-38-28/h8-16,18,20-22,29-31,37,43H,17,19H2,1-7H3,(H,39,44)(H,40,45)(H,41,46)(H,42,47)/t22?,29?,30-,31-/m0/s1. The normalized spacial score (nSPS) is 13.5. The van der Waals surface area contributed by atoms with Gasteiger partial charge in [-0.2, -0.15) is 0 Å². The Balaban J connectivity index is 1.81. The van der Waals surface area contributed by atoms with E-state index in [9.17, 15) is 24.3 Å². The fraction of sp³-hybridized carbons (Fsp3) is 0.429. The van der Waals surface area contributed by atoms with E-state index in [1.165, 1.54) is 14.2 Å². The summed E-state index contributed by atoms with van der Waals surface area (Å²) in [6, 6.07) is 11.0. The highest BCUT2D eigenvalue weighted by Gasteiger charge is 2.28. The number of anilines is 2. The summed E-state index contributed by atoms with van der Waals surface area (Å²) in [7, 11) is 2.43. The van der Waals surface area contributed by atoms with Gasteiger partial charge in [-0.05, 0) is 41.2 Å². The lowest BCUT2D eigenvalue weighted by Gasteiger charge is -2.26. The number of nitrogens with zero attached hydrogens (tertiary/aromatic N) is 2. The number of ether oxygens (including phenoxy) is 2. The molecule has 1 heterocycles.